The lowest BCUT2D eigenvalue weighted by molar-refractivity contribution is -0.159. The van der Waals surface area contributed by atoms with Gasteiger partial charge in [-0.3, -0.25) is 4.79 Å². The van der Waals surface area contributed by atoms with E-state index in [2.05, 4.69) is 75.1 Å². The van der Waals surface area contributed by atoms with Gasteiger partial charge in [-0.05, 0) is 48.6 Å². The monoisotopic (exact) mass is 433 g/mol. The third kappa shape index (κ3) is 6.32. The van der Waals surface area contributed by atoms with E-state index in [9.17, 15) is 4.79 Å². The van der Waals surface area contributed by atoms with Gasteiger partial charge in [0, 0.05) is 12.5 Å². The van der Waals surface area contributed by atoms with Gasteiger partial charge in [-0.1, -0.05) is 93.4 Å². The first-order chi connectivity index (χ1) is 15.3. The zero-order valence-electron chi connectivity index (χ0n) is 20.1. The third-order valence-corrected chi connectivity index (χ3v) is 7.00. The van der Waals surface area contributed by atoms with Crippen molar-refractivity contribution in [3.05, 3.63) is 83.9 Å². The molecule has 2 aromatic rings. The second-order valence-corrected chi connectivity index (χ2v) is 10.2. The molecular formula is C29H39NO2. The fraction of sp³-hybridized carbons (Fsp3) is 0.483. The first kappa shape index (κ1) is 24.3. The molecule has 0 spiro atoms. The van der Waals surface area contributed by atoms with Gasteiger partial charge in [-0.15, -0.1) is 6.58 Å². The average Bonchev–Trinajstić information content (AvgIpc) is 2.77. The smallest absolute Gasteiger partial charge is 0.323 e. The maximum absolute atomic E-state index is 13.4. The van der Waals surface area contributed by atoms with Crippen molar-refractivity contribution in [2.75, 3.05) is 0 Å². The number of hydrogen-bond donors (Lipinski definition) is 1. The van der Waals surface area contributed by atoms with E-state index < -0.39 is 0 Å². The SMILES string of the molecule is C=C(C)C[C@H](NCc1ccccc1)C(=O)O[C@@H]1C[C@H](C)CC[C@H]1C(C)(C)c1ccccc1. The summed E-state index contributed by atoms with van der Waals surface area (Å²) in [6, 6.07) is 20.4. The highest BCUT2D eigenvalue weighted by Crippen LogP contribution is 2.43. The minimum atomic E-state index is -0.384. The van der Waals surface area contributed by atoms with Gasteiger partial charge < -0.3 is 10.1 Å². The maximum Gasteiger partial charge on any atom is 0.323 e. The molecule has 4 atom stereocenters. The highest BCUT2D eigenvalue weighted by Gasteiger charge is 2.42. The van der Waals surface area contributed by atoms with Gasteiger partial charge in [0.25, 0.3) is 0 Å². The third-order valence-electron chi connectivity index (χ3n) is 7.00. The second kappa shape index (κ2) is 11.0. The summed E-state index contributed by atoms with van der Waals surface area (Å²) in [6.07, 6.45) is 3.68. The molecule has 0 bridgehead atoms. The molecule has 1 aliphatic rings. The summed E-state index contributed by atoms with van der Waals surface area (Å²) >= 11 is 0. The van der Waals surface area contributed by atoms with Crippen molar-refractivity contribution < 1.29 is 9.53 Å². The Hall–Kier alpha value is -2.39. The molecule has 0 saturated heterocycles. The van der Waals surface area contributed by atoms with Crippen molar-refractivity contribution in [2.24, 2.45) is 11.8 Å². The van der Waals surface area contributed by atoms with E-state index in [1.807, 2.05) is 25.1 Å². The maximum atomic E-state index is 13.4. The number of benzene rings is 2. The van der Waals surface area contributed by atoms with Gasteiger partial charge in [0.2, 0.25) is 0 Å². The molecule has 32 heavy (non-hydrogen) atoms. The summed E-state index contributed by atoms with van der Waals surface area (Å²) in [5.74, 6) is 0.703. The highest BCUT2D eigenvalue weighted by molar-refractivity contribution is 5.76. The van der Waals surface area contributed by atoms with Crippen molar-refractivity contribution in [1.29, 1.82) is 0 Å². The standard InChI is InChI=1S/C29H39NO2/c1-21(2)18-26(30-20-23-12-8-6-9-13-23)28(31)32-27-19-22(3)16-17-25(27)29(4,5)24-14-10-7-11-15-24/h6-15,22,25-27,30H,1,16-20H2,2-5H3/t22-,25-,26+,27-/m1/s1. The Bertz CT molecular complexity index is 875. The van der Waals surface area contributed by atoms with Crippen molar-refractivity contribution in [3.63, 3.8) is 0 Å². The van der Waals surface area contributed by atoms with Crippen LogP contribution in [0.15, 0.2) is 72.8 Å². The molecule has 0 radical (unpaired) electrons. The van der Waals surface area contributed by atoms with E-state index in [0.29, 0.717) is 24.8 Å². The first-order valence-corrected chi connectivity index (χ1v) is 11.9. The van der Waals surface area contributed by atoms with Crippen LogP contribution in [0.25, 0.3) is 0 Å². The van der Waals surface area contributed by atoms with Gasteiger partial charge in [-0.25, -0.2) is 0 Å². The summed E-state index contributed by atoms with van der Waals surface area (Å²) in [5, 5.41) is 3.42. The quantitative estimate of drug-likeness (QED) is 0.365. The Morgan fingerprint density at radius 3 is 2.34 bits per heavy atom. The lowest BCUT2D eigenvalue weighted by Crippen LogP contribution is -2.46. The largest absolute Gasteiger partial charge is 0.461 e. The Morgan fingerprint density at radius 2 is 1.72 bits per heavy atom. The number of rotatable bonds is 9. The van der Waals surface area contributed by atoms with Crippen LogP contribution >= 0.6 is 0 Å². The Balaban J connectivity index is 1.74. The molecule has 0 aromatic heterocycles. The van der Waals surface area contributed by atoms with E-state index in [0.717, 1.165) is 24.0 Å². The Labute approximate surface area is 194 Å². The molecule has 3 rings (SSSR count). The molecule has 1 N–H and O–H groups in total. The number of esters is 1. The van der Waals surface area contributed by atoms with E-state index >= 15 is 0 Å². The number of ether oxygens (including phenoxy) is 1. The molecular weight excluding hydrogens is 394 g/mol. The minimum Gasteiger partial charge on any atom is -0.461 e. The number of hydrogen-bond acceptors (Lipinski definition) is 3. The van der Waals surface area contributed by atoms with Gasteiger partial charge >= 0.3 is 5.97 Å². The predicted molar refractivity (Wildman–Crippen MR) is 132 cm³/mol. The van der Waals surface area contributed by atoms with E-state index in [1.54, 1.807) is 0 Å². The highest BCUT2D eigenvalue weighted by atomic mass is 16.5. The summed E-state index contributed by atoms with van der Waals surface area (Å²) < 4.78 is 6.29. The fourth-order valence-corrected chi connectivity index (χ4v) is 5.02. The molecule has 0 unspecified atom stereocenters. The first-order valence-electron chi connectivity index (χ1n) is 11.9. The molecule has 172 valence electrons. The molecule has 0 heterocycles. The van der Waals surface area contributed by atoms with Crippen LogP contribution in [0.2, 0.25) is 0 Å². The van der Waals surface area contributed by atoms with Gasteiger partial charge in [0.15, 0.2) is 0 Å². The average molecular weight is 434 g/mol. The molecule has 3 heteroatoms. The van der Waals surface area contributed by atoms with E-state index in [4.69, 9.17) is 4.74 Å². The molecule has 2 aromatic carbocycles. The van der Waals surface area contributed by atoms with Crippen molar-refractivity contribution in [1.82, 2.24) is 5.32 Å². The van der Waals surface area contributed by atoms with Crippen LogP contribution in [0.3, 0.4) is 0 Å². The molecule has 1 saturated carbocycles. The zero-order valence-corrected chi connectivity index (χ0v) is 20.1. The predicted octanol–water partition coefficient (Wildman–Crippen LogP) is 6.44. The van der Waals surface area contributed by atoms with Gasteiger partial charge in [0.05, 0.1) is 0 Å². The number of carbonyl (C=O) groups is 1. The lowest BCUT2D eigenvalue weighted by atomic mass is 9.64. The molecule has 3 nitrogen and oxygen atoms in total. The van der Waals surface area contributed by atoms with Crippen LogP contribution in [-0.2, 0) is 21.5 Å². The van der Waals surface area contributed by atoms with Crippen LogP contribution in [0.1, 0.15) is 64.5 Å². The van der Waals surface area contributed by atoms with Crippen LogP contribution in [0.5, 0.6) is 0 Å². The Kier molecular flexibility index (Phi) is 8.31. The van der Waals surface area contributed by atoms with Crippen LogP contribution in [-0.4, -0.2) is 18.1 Å². The van der Waals surface area contributed by atoms with Crippen LogP contribution in [0.4, 0.5) is 0 Å². The fourth-order valence-electron chi connectivity index (χ4n) is 5.02. The van der Waals surface area contributed by atoms with Crippen LogP contribution < -0.4 is 5.32 Å². The van der Waals surface area contributed by atoms with Gasteiger partial charge in [-0.2, -0.15) is 0 Å². The second-order valence-electron chi connectivity index (χ2n) is 10.2. The summed E-state index contributed by atoms with van der Waals surface area (Å²) in [6.45, 7) is 13.5. The molecule has 1 fully saturated rings. The summed E-state index contributed by atoms with van der Waals surface area (Å²) in [5.41, 5.74) is 3.38. The molecule has 0 amide bonds. The topological polar surface area (TPSA) is 38.3 Å². The normalized spacial score (nSPS) is 22.2. The summed E-state index contributed by atoms with van der Waals surface area (Å²) in [4.78, 5) is 13.4. The van der Waals surface area contributed by atoms with Crippen molar-refractivity contribution in [3.8, 4) is 0 Å². The van der Waals surface area contributed by atoms with Crippen molar-refractivity contribution >= 4 is 5.97 Å². The number of carbonyl (C=O) groups excluding carboxylic acids is 1. The number of nitrogens with one attached hydrogen (secondary N) is 1. The molecule has 0 aliphatic heterocycles. The summed E-state index contributed by atoms with van der Waals surface area (Å²) in [7, 11) is 0. The zero-order chi connectivity index (χ0) is 23.1. The van der Waals surface area contributed by atoms with E-state index in [-0.39, 0.29) is 23.5 Å². The Morgan fingerprint density at radius 1 is 1.09 bits per heavy atom. The van der Waals surface area contributed by atoms with Crippen molar-refractivity contribution in [2.45, 2.75) is 77.5 Å². The van der Waals surface area contributed by atoms with E-state index in [1.165, 1.54) is 12.0 Å². The molecule has 1 aliphatic carbocycles. The lowest BCUT2D eigenvalue weighted by Gasteiger charge is -2.44. The van der Waals surface area contributed by atoms with Gasteiger partial charge in [0.1, 0.15) is 12.1 Å². The minimum absolute atomic E-state index is 0.0618. The van der Waals surface area contributed by atoms with Crippen LogP contribution in [0, 0.1) is 11.8 Å².